The van der Waals surface area contributed by atoms with E-state index >= 15 is 0 Å². The predicted molar refractivity (Wildman–Crippen MR) is 91.4 cm³/mol. The van der Waals surface area contributed by atoms with Crippen molar-refractivity contribution < 1.29 is 0 Å². The molecule has 0 spiro atoms. The number of rotatable bonds is 5. The van der Waals surface area contributed by atoms with Gasteiger partial charge in [-0.3, -0.25) is 11.3 Å². The molecule has 20 heavy (non-hydrogen) atoms. The largest absolute Gasteiger partial charge is 0.271 e. The van der Waals surface area contributed by atoms with Crippen molar-refractivity contribution in [1.29, 1.82) is 0 Å². The molecule has 2 aliphatic rings. The minimum atomic E-state index is 0.441. The minimum Gasteiger partial charge on any atom is -0.271 e. The topological polar surface area (TPSA) is 38.0 Å². The Hall–Kier alpha value is -0.160. The lowest BCUT2D eigenvalue weighted by atomic mass is 9.74. The Morgan fingerprint density at radius 2 is 2.10 bits per heavy atom. The van der Waals surface area contributed by atoms with Crippen LogP contribution in [-0.4, -0.2) is 28.0 Å². The van der Waals surface area contributed by atoms with Gasteiger partial charge in [0, 0.05) is 28.0 Å². The van der Waals surface area contributed by atoms with Crippen LogP contribution < -0.4 is 11.3 Å². The van der Waals surface area contributed by atoms with Gasteiger partial charge in [-0.15, -0.1) is 0 Å². The molecule has 1 aliphatic carbocycles. The molecule has 0 radical (unpaired) electrons. The summed E-state index contributed by atoms with van der Waals surface area (Å²) in [6.07, 6.45) is 3.67. The molecule has 110 valence electrons. The predicted octanol–water partition coefficient (Wildman–Crippen LogP) is 3.18. The fourth-order valence-corrected chi connectivity index (χ4v) is 6.75. The Kier molecular flexibility index (Phi) is 4.97. The highest BCUT2D eigenvalue weighted by molar-refractivity contribution is 8.07. The van der Waals surface area contributed by atoms with Gasteiger partial charge in [-0.2, -0.15) is 23.5 Å². The Morgan fingerprint density at radius 1 is 1.30 bits per heavy atom. The second-order valence-corrected chi connectivity index (χ2v) is 8.39. The summed E-state index contributed by atoms with van der Waals surface area (Å²) in [7, 11) is 0. The molecule has 4 atom stereocenters. The number of nitrogens with two attached hydrogens (primary N) is 1. The third kappa shape index (κ3) is 2.89. The van der Waals surface area contributed by atoms with Gasteiger partial charge in [-0.25, -0.2) is 0 Å². The van der Waals surface area contributed by atoms with Crippen molar-refractivity contribution in [3.05, 3.63) is 35.4 Å². The lowest BCUT2D eigenvalue weighted by Crippen LogP contribution is -2.49. The highest BCUT2D eigenvalue weighted by Crippen LogP contribution is 2.42. The van der Waals surface area contributed by atoms with E-state index in [1.165, 1.54) is 36.3 Å². The highest BCUT2D eigenvalue weighted by atomic mass is 32.2. The Bertz CT molecular complexity index is 452. The quantitative estimate of drug-likeness (QED) is 0.647. The van der Waals surface area contributed by atoms with Crippen molar-refractivity contribution in [3.63, 3.8) is 0 Å². The molecule has 0 aromatic heterocycles. The summed E-state index contributed by atoms with van der Waals surface area (Å²) >= 11 is 4.26. The van der Waals surface area contributed by atoms with Gasteiger partial charge in [-0.1, -0.05) is 31.2 Å². The second-order valence-electron chi connectivity index (χ2n) is 5.76. The van der Waals surface area contributed by atoms with Gasteiger partial charge < -0.3 is 0 Å². The Balaban J connectivity index is 1.66. The average Bonchev–Trinajstić information content (AvgIpc) is 2.49. The third-order valence-electron chi connectivity index (χ3n) is 4.60. The van der Waals surface area contributed by atoms with Crippen LogP contribution in [0.15, 0.2) is 24.3 Å². The van der Waals surface area contributed by atoms with Gasteiger partial charge in [0.2, 0.25) is 0 Å². The molecule has 1 fully saturated rings. The summed E-state index contributed by atoms with van der Waals surface area (Å²) in [6.45, 7) is 2.31. The van der Waals surface area contributed by atoms with E-state index < -0.39 is 0 Å². The van der Waals surface area contributed by atoms with Crippen molar-refractivity contribution in [2.45, 2.75) is 48.6 Å². The molecule has 1 heterocycles. The number of hydrogen-bond acceptors (Lipinski definition) is 4. The molecule has 3 N–H and O–H groups in total. The van der Waals surface area contributed by atoms with Crippen molar-refractivity contribution in [2.75, 3.05) is 11.5 Å². The fourth-order valence-electron chi connectivity index (χ4n) is 3.49. The first-order chi connectivity index (χ1) is 9.83. The van der Waals surface area contributed by atoms with Crippen molar-refractivity contribution in [1.82, 2.24) is 5.43 Å². The molecule has 2 nitrogen and oxygen atoms in total. The second kappa shape index (κ2) is 6.73. The van der Waals surface area contributed by atoms with Crippen LogP contribution in [0.4, 0.5) is 0 Å². The van der Waals surface area contributed by atoms with E-state index in [-0.39, 0.29) is 0 Å². The summed E-state index contributed by atoms with van der Waals surface area (Å²) in [6, 6.07) is 9.30. The minimum absolute atomic E-state index is 0.441. The Morgan fingerprint density at radius 3 is 2.85 bits per heavy atom. The molecule has 1 aromatic rings. The van der Waals surface area contributed by atoms with Gasteiger partial charge in [0.25, 0.3) is 0 Å². The van der Waals surface area contributed by atoms with Gasteiger partial charge in [0.05, 0.1) is 0 Å². The molecular weight excluding hydrogens is 284 g/mol. The van der Waals surface area contributed by atoms with Crippen molar-refractivity contribution in [2.24, 2.45) is 5.84 Å². The third-order valence-corrected chi connectivity index (χ3v) is 8.01. The first-order valence-electron chi connectivity index (χ1n) is 7.60. The molecule has 4 unspecified atom stereocenters. The molecule has 0 bridgehead atoms. The summed E-state index contributed by atoms with van der Waals surface area (Å²) in [5.41, 5.74) is 6.22. The van der Waals surface area contributed by atoms with Crippen LogP contribution >= 0.6 is 23.5 Å². The zero-order valence-corrected chi connectivity index (χ0v) is 13.7. The fraction of sp³-hybridized carbons (Fsp3) is 0.625. The summed E-state index contributed by atoms with van der Waals surface area (Å²) in [4.78, 5) is 0. The number of hydrogen-bond donors (Lipinski definition) is 2. The van der Waals surface area contributed by atoms with Gasteiger partial charge >= 0.3 is 0 Å². The van der Waals surface area contributed by atoms with E-state index in [9.17, 15) is 0 Å². The monoisotopic (exact) mass is 308 g/mol. The van der Waals surface area contributed by atoms with Crippen LogP contribution in [0.2, 0.25) is 0 Å². The molecule has 1 saturated heterocycles. The van der Waals surface area contributed by atoms with Crippen LogP contribution in [0.1, 0.15) is 36.8 Å². The van der Waals surface area contributed by atoms with E-state index in [0.29, 0.717) is 17.2 Å². The SMILES string of the molecule is CCC1SCCSC1C(CC1Cc2ccccc21)NN. The van der Waals surface area contributed by atoms with E-state index in [1.807, 2.05) is 0 Å². The zero-order chi connectivity index (χ0) is 13.9. The molecule has 3 rings (SSSR count). The number of benzene rings is 1. The number of thioether (sulfide) groups is 2. The maximum atomic E-state index is 5.90. The molecule has 0 amide bonds. The van der Waals surface area contributed by atoms with Crippen molar-refractivity contribution >= 4 is 23.5 Å². The normalized spacial score (nSPS) is 30.4. The molecule has 0 saturated carbocycles. The van der Waals surface area contributed by atoms with Gasteiger partial charge in [0.1, 0.15) is 0 Å². The maximum absolute atomic E-state index is 5.90. The smallest absolute Gasteiger partial charge is 0.0346 e. The number of fused-ring (bicyclic) bond motifs is 1. The molecular formula is C16H24N2S2. The lowest BCUT2D eigenvalue weighted by molar-refractivity contribution is 0.406. The molecule has 1 aromatic carbocycles. The summed E-state index contributed by atoms with van der Waals surface area (Å²) < 4.78 is 0. The Labute approximate surface area is 130 Å². The van der Waals surface area contributed by atoms with E-state index in [1.54, 1.807) is 5.56 Å². The van der Waals surface area contributed by atoms with E-state index in [4.69, 9.17) is 5.84 Å². The number of hydrazine groups is 1. The van der Waals surface area contributed by atoms with E-state index in [2.05, 4.69) is 60.1 Å². The molecule has 1 aliphatic heterocycles. The van der Waals surface area contributed by atoms with Gasteiger partial charge in [0.15, 0.2) is 0 Å². The van der Waals surface area contributed by atoms with Crippen LogP contribution in [0.5, 0.6) is 0 Å². The summed E-state index contributed by atoms with van der Waals surface area (Å²) in [5.74, 6) is 9.16. The highest BCUT2D eigenvalue weighted by Gasteiger charge is 2.35. The first-order valence-corrected chi connectivity index (χ1v) is 9.70. The first kappa shape index (κ1) is 14.8. The zero-order valence-electron chi connectivity index (χ0n) is 12.0. The van der Waals surface area contributed by atoms with E-state index in [0.717, 1.165) is 5.25 Å². The average molecular weight is 309 g/mol. The standard InChI is InChI=1S/C16H24N2S2/c1-2-15-16(20-8-7-19-15)14(18-17)10-12-9-11-5-3-4-6-13(11)12/h3-6,12,14-16,18H,2,7-10,17H2,1H3. The van der Waals surface area contributed by atoms with Gasteiger partial charge in [-0.05, 0) is 36.3 Å². The number of nitrogens with one attached hydrogen (secondary N) is 1. The van der Waals surface area contributed by atoms with Crippen molar-refractivity contribution in [3.8, 4) is 0 Å². The van der Waals surface area contributed by atoms with Crippen LogP contribution in [0.25, 0.3) is 0 Å². The lowest BCUT2D eigenvalue weighted by Gasteiger charge is -2.39. The van der Waals surface area contributed by atoms with Crippen LogP contribution in [-0.2, 0) is 6.42 Å². The van der Waals surface area contributed by atoms with Crippen LogP contribution in [0, 0.1) is 0 Å². The van der Waals surface area contributed by atoms with Crippen LogP contribution in [0.3, 0.4) is 0 Å². The maximum Gasteiger partial charge on any atom is 0.0346 e. The molecule has 4 heteroatoms. The summed E-state index contributed by atoms with van der Waals surface area (Å²) in [5, 5.41) is 1.42.